The van der Waals surface area contributed by atoms with Gasteiger partial charge < -0.3 is 10.8 Å². The minimum atomic E-state index is -0.969. The quantitative estimate of drug-likeness (QED) is 0.704. The zero-order valence-corrected chi connectivity index (χ0v) is 8.08. The van der Waals surface area contributed by atoms with Crippen molar-refractivity contribution in [3.8, 4) is 0 Å². The Bertz CT molecular complexity index is 520. The molecule has 2 rings (SSSR count). The van der Waals surface area contributed by atoms with E-state index in [9.17, 15) is 4.79 Å². The number of anilines is 1. The van der Waals surface area contributed by atoms with Crippen LogP contribution in [0.4, 0.5) is 5.69 Å². The van der Waals surface area contributed by atoms with Crippen molar-refractivity contribution in [1.82, 2.24) is 15.0 Å². The van der Waals surface area contributed by atoms with Gasteiger partial charge in [-0.2, -0.15) is 15.0 Å². The molecular formula is C9H10N4O2. The average molecular weight is 206 g/mol. The van der Waals surface area contributed by atoms with E-state index in [2.05, 4.69) is 10.2 Å². The third-order valence-corrected chi connectivity index (χ3v) is 2.12. The molecule has 0 aliphatic heterocycles. The second-order valence-electron chi connectivity index (χ2n) is 3.28. The molecule has 78 valence electrons. The number of carboxylic acids is 1. The molecule has 1 heterocycles. The SMILES string of the molecule is C[C@@H](C(=O)O)n1nc2ccc(N)cc2n1. The molecule has 0 saturated carbocycles. The molecule has 0 radical (unpaired) electrons. The molecule has 0 saturated heterocycles. The van der Waals surface area contributed by atoms with Crippen molar-refractivity contribution in [2.45, 2.75) is 13.0 Å². The molecule has 6 nitrogen and oxygen atoms in total. The van der Waals surface area contributed by atoms with Crippen LogP contribution in [0, 0.1) is 0 Å². The lowest BCUT2D eigenvalue weighted by atomic mass is 10.3. The van der Waals surface area contributed by atoms with Gasteiger partial charge in [-0.1, -0.05) is 0 Å². The number of hydrogen-bond acceptors (Lipinski definition) is 4. The van der Waals surface area contributed by atoms with Crippen LogP contribution >= 0.6 is 0 Å². The first-order valence-electron chi connectivity index (χ1n) is 4.43. The fourth-order valence-electron chi connectivity index (χ4n) is 1.22. The van der Waals surface area contributed by atoms with E-state index < -0.39 is 12.0 Å². The highest BCUT2D eigenvalue weighted by atomic mass is 16.4. The highest BCUT2D eigenvalue weighted by Crippen LogP contribution is 2.14. The van der Waals surface area contributed by atoms with Gasteiger partial charge in [-0.25, -0.2) is 4.79 Å². The molecule has 1 atom stereocenters. The number of nitrogens with two attached hydrogens (primary N) is 1. The van der Waals surface area contributed by atoms with Crippen LogP contribution in [0.15, 0.2) is 18.2 Å². The lowest BCUT2D eigenvalue weighted by Crippen LogP contribution is -2.17. The van der Waals surface area contributed by atoms with E-state index in [0.717, 1.165) is 0 Å². The molecule has 1 aromatic carbocycles. The van der Waals surface area contributed by atoms with Gasteiger partial charge in [0.15, 0.2) is 6.04 Å². The monoisotopic (exact) mass is 206 g/mol. The molecule has 0 spiro atoms. The van der Waals surface area contributed by atoms with Gasteiger partial charge in [0.05, 0.1) is 0 Å². The van der Waals surface area contributed by atoms with Crippen molar-refractivity contribution in [3.63, 3.8) is 0 Å². The molecule has 0 aliphatic rings. The summed E-state index contributed by atoms with van der Waals surface area (Å²) in [6.07, 6.45) is 0. The number of nitrogens with zero attached hydrogens (tertiary/aromatic N) is 3. The summed E-state index contributed by atoms with van der Waals surface area (Å²) in [5, 5.41) is 16.9. The molecule has 2 aromatic rings. The Morgan fingerprint density at radius 1 is 1.47 bits per heavy atom. The first-order chi connectivity index (χ1) is 7.08. The predicted molar refractivity (Wildman–Crippen MR) is 54.3 cm³/mol. The zero-order valence-electron chi connectivity index (χ0n) is 8.08. The number of nitrogen functional groups attached to an aromatic ring is 1. The maximum Gasteiger partial charge on any atom is 0.330 e. The smallest absolute Gasteiger partial charge is 0.330 e. The van der Waals surface area contributed by atoms with Crippen LogP contribution in [0.5, 0.6) is 0 Å². The van der Waals surface area contributed by atoms with Gasteiger partial charge in [0.1, 0.15) is 11.0 Å². The van der Waals surface area contributed by atoms with Crippen LogP contribution in [0.25, 0.3) is 11.0 Å². The maximum absolute atomic E-state index is 10.7. The minimum absolute atomic E-state index is 0.581. The molecule has 0 amide bonds. The second-order valence-corrected chi connectivity index (χ2v) is 3.28. The molecule has 3 N–H and O–H groups in total. The van der Waals surface area contributed by atoms with Gasteiger partial charge in [0.2, 0.25) is 0 Å². The molecular weight excluding hydrogens is 196 g/mol. The highest BCUT2D eigenvalue weighted by Gasteiger charge is 2.16. The van der Waals surface area contributed by atoms with Crippen LogP contribution in [0.3, 0.4) is 0 Å². The van der Waals surface area contributed by atoms with Crippen LogP contribution in [-0.2, 0) is 4.79 Å². The van der Waals surface area contributed by atoms with E-state index in [1.54, 1.807) is 18.2 Å². The summed E-state index contributed by atoms with van der Waals surface area (Å²) in [6, 6.07) is 4.29. The van der Waals surface area contributed by atoms with Gasteiger partial charge in [0.25, 0.3) is 0 Å². The number of aromatic nitrogens is 3. The van der Waals surface area contributed by atoms with Crippen LogP contribution in [0.2, 0.25) is 0 Å². The van der Waals surface area contributed by atoms with Crippen molar-refractivity contribution in [3.05, 3.63) is 18.2 Å². The minimum Gasteiger partial charge on any atom is -0.480 e. The first-order valence-corrected chi connectivity index (χ1v) is 4.43. The summed E-state index contributed by atoms with van der Waals surface area (Å²) in [7, 11) is 0. The maximum atomic E-state index is 10.7. The van der Waals surface area contributed by atoms with Crippen molar-refractivity contribution in [2.24, 2.45) is 0 Å². The fraction of sp³-hybridized carbons (Fsp3) is 0.222. The van der Waals surface area contributed by atoms with Crippen molar-refractivity contribution >= 4 is 22.7 Å². The lowest BCUT2D eigenvalue weighted by molar-refractivity contribution is -0.140. The van der Waals surface area contributed by atoms with Gasteiger partial charge in [-0.05, 0) is 25.1 Å². The first kappa shape index (κ1) is 9.45. The van der Waals surface area contributed by atoms with E-state index in [-0.39, 0.29) is 0 Å². The Labute approximate surface area is 85.3 Å². The number of fused-ring (bicyclic) bond motifs is 1. The number of benzene rings is 1. The molecule has 0 aliphatic carbocycles. The zero-order chi connectivity index (χ0) is 11.0. The molecule has 6 heteroatoms. The van der Waals surface area contributed by atoms with Gasteiger partial charge in [0, 0.05) is 5.69 Å². The van der Waals surface area contributed by atoms with Crippen LogP contribution in [0.1, 0.15) is 13.0 Å². The predicted octanol–water partition coefficient (Wildman–Crippen LogP) is 0.659. The number of hydrogen-bond donors (Lipinski definition) is 2. The third kappa shape index (κ3) is 1.61. The van der Waals surface area contributed by atoms with E-state index >= 15 is 0 Å². The van der Waals surface area contributed by atoms with Gasteiger partial charge in [-0.3, -0.25) is 0 Å². The summed E-state index contributed by atoms with van der Waals surface area (Å²) >= 11 is 0. The van der Waals surface area contributed by atoms with Crippen LogP contribution in [-0.4, -0.2) is 26.1 Å². The topological polar surface area (TPSA) is 94.0 Å². The number of aliphatic carboxylic acids is 1. The summed E-state index contributed by atoms with van der Waals surface area (Å²) in [4.78, 5) is 11.9. The fourth-order valence-corrected chi connectivity index (χ4v) is 1.22. The van der Waals surface area contributed by atoms with Crippen LogP contribution < -0.4 is 5.73 Å². The number of carboxylic acid groups (broad SMARTS) is 1. The number of rotatable bonds is 2. The van der Waals surface area contributed by atoms with Gasteiger partial charge >= 0.3 is 5.97 Å². The molecule has 0 bridgehead atoms. The van der Waals surface area contributed by atoms with Crippen molar-refractivity contribution < 1.29 is 9.90 Å². The van der Waals surface area contributed by atoms with Gasteiger partial charge in [-0.15, -0.1) is 0 Å². The second kappa shape index (κ2) is 3.23. The van der Waals surface area contributed by atoms with E-state index in [1.165, 1.54) is 11.7 Å². The van der Waals surface area contributed by atoms with E-state index in [0.29, 0.717) is 16.7 Å². The molecule has 0 unspecified atom stereocenters. The largest absolute Gasteiger partial charge is 0.480 e. The average Bonchev–Trinajstić information content (AvgIpc) is 2.58. The summed E-state index contributed by atoms with van der Waals surface area (Å²) < 4.78 is 0. The Morgan fingerprint density at radius 2 is 2.13 bits per heavy atom. The standard InChI is InChI=1S/C9H10N4O2/c1-5(9(14)15)13-11-7-3-2-6(10)4-8(7)12-13/h2-5H,10H2,1H3,(H,14,15)/t5-/m0/s1. The van der Waals surface area contributed by atoms with Crippen molar-refractivity contribution in [1.29, 1.82) is 0 Å². The van der Waals surface area contributed by atoms with E-state index in [1.807, 2.05) is 0 Å². The normalized spacial score (nSPS) is 12.9. The van der Waals surface area contributed by atoms with E-state index in [4.69, 9.17) is 10.8 Å². The lowest BCUT2D eigenvalue weighted by Gasteiger charge is -2.02. The summed E-state index contributed by atoms with van der Waals surface area (Å²) in [5.41, 5.74) is 7.39. The highest BCUT2D eigenvalue weighted by molar-refractivity contribution is 5.78. The Balaban J connectivity index is 2.51. The summed E-state index contributed by atoms with van der Waals surface area (Å²) in [6.45, 7) is 1.52. The Morgan fingerprint density at radius 3 is 2.80 bits per heavy atom. The number of carbonyl (C=O) groups is 1. The third-order valence-electron chi connectivity index (χ3n) is 2.12. The van der Waals surface area contributed by atoms with Crippen molar-refractivity contribution in [2.75, 3.05) is 5.73 Å². The molecule has 1 aromatic heterocycles. The molecule has 15 heavy (non-hydrogen) atoms. The molecule has 0 fully saturated rings. The Kier molecular flexibility index (Phi) is 2.03. The Hall–Kier alpha value is -2.11. The summed E-state index contributed by atoms with van der Waals surface area (Å²) in [5.74, 6) is -0.969.